The number of carbonyl (C=O) groups is 1. The molecule has 0 aliphatic carbocycles. The number of pyridine rings is 1. The lowest BCUT2D eigenvalue weighted by atomic mass is 10.4. The number of nitrogens with one attached hydrogen (secondary N) is 1. The van der Waals surface area contributed by atoms with Crippen molar-refractivity contribution >= 4 is 17.4 Å². The molecule has 7 heteroatoms. The Morgan fingerprint density at radius 2 is 2.36 bits per heavy atom. The van der Waals surface area contributed by atoms with Crippen molar-refractivity contribution in [3.05, 3.63) is 28.4 Å². The van der Waals surface area contributed by atoms with E-state index in [2.05, 4.69) is 10.3 Å². The van der Waals surface area contributed by atoms with Crippen LogP contribution in [0, 0.1) is 10.1 Å². The van der Waals surface area contributed by atoms with Crippen molar-refractivity contribution in [2.24, 2.45) is 5.73 Å². The van der Waals surface area contributed by atoms with Crippen LogP contribution in [0.2, 0.25) is 0 Å². The van der Waals surface area contributed by atoms with Crippen molar-refractivity contribution < 1.29 is 9.72 Å². The zero-order valence-electron chi connectivity index (χ0n) is 7.14. The molecule has 0 spiro atoms. The van der Waals surface area contributed by atoms with E-state index < -0.39 is 10.8 Å². The van der Waals surface area contributed by atoms with Crippen LogP contribution in [-0.4, -0.2) is 22.4 Å². The van der Waals surface area contributed by atoms with Gasteiger partial charge in [-0.3, -0.25) is 14.9 Å². The summed E-state index contributed by atoms with van der Waals surface area (Å²) in [4.78, 5) is 24.1. The Bertz CT molecular complexity index is 348. The molecule has 0 aliphatic rings. The number of aromatic nitrogens is 1. The van der Waals surface area contributed by atoms with Gasteiger partial charge in [0, 0.05) is 6.07 Å². The molecule has 7 nitrogen and oxygen atoms in total. The predicted octanol–water partition coefficient (Wildman–Crippen LogP) is -0.113. The second-order valence-electron chi connectivity index (χ2n) is 2.41. The summed E-state index contributed by atoms with van der Waals surface area (Å²) in [5, 5.41) is 12.6. The summed E-state index contributed by atoms with van der Waals surface area (Å²) in [6.45, 7) is -0.154. The molecular weight excluding hydrogens is 188 g/mol. The third-order valence-corrected chi connectivity index (χ3v) is 1.41. The second-order valence-corrected chi connectivity index (χ2v) is 2.41. The molecule has 0 atom stereocenters. The standard InChI is InChI=1S/C7H8N4O3/c8-3-7(12)10-6-2-1-5(4-9-6)11(13)14/h1-2,4H,3,8H2,(H,9,10,12). The van der Waals surface area contributed by atoms with Crippen molar-refractivity contribution in [2.75, 3.05) is 11.9 Å². The van der Waals surface area contributed by atoms with Crippen LogP contribution < -0.4 is 11.1 Å². The monoisotopic (exact) mass is 196 g/mol. The first-order valence-corrected chi connectivity index (χ1v) is 3.74. The largest absolute Gasteiger partial charge is 0.322 e. The van der Waals surface area contributed by atoms with Gasteiger partial charge in [0.05, 0.1) is 11.5 Å². The molecule has 0 radical (unpaired) electrons. The first-order chi connectivity index (χ1) is 6.63. The average molecular weight is 196 g/mol. The van der Waals surface area contributed by atoms with E-state index >= 15 is 0 Å². The zero-order chi connectivity index (χ0) is 10.6. The van der Waals surface area contributed by atoms with Gasteiger partial charge in [0.2, 0.25) is 5.91 Å². The van der Waals surface area contributed by atoms with E-state index in [9.17, 15) is 14.9 Å². The molecule has 0 fully saturated rings. The molecule has 1 aromatic rings. The van der Waals surface area contributed by atoms with Crippen LogP contribution in [0.3, 0.4) is 0 Å². The van der Waals surface area contributed by atoms with Gasteiger partial charge in [-0.25, -0.2) is 4.98 Å². The summed E-state index contributed by atoms with van der Waals surface area (Å²) < 4.78 is 0. The van der Waals surface area contributed by atoms with Gasteiger partial charge in [-0.1, -0.05) is 0 Å². The van der Waals surface area contributed by atoms with E-state index in [1.165, 1.54) is 12.1 Å². The van der Waals surface area contributed by atoms with E-state index in [-0.39, 0.29) is 18.1 Å². The Balaban J connectivity index is 2.73. The first-order valence-electron chi connectivity index (χ1n) is 3.74. The normalized spacial score (nSPS) is 9.50. The first kappa shape index (κ1) is 10.1. The Labute approximate surface area is 79.1 Å². The number of carbonyl (C=O) groups excluding carboxylic acids is 1. The number of anilines is 1. The minimum atomic E-state index is -0.568. The number of hydrogen-bond acceptors (Lipinski definition) is 5. The highest BCUT2D eigenvalue weighted by atomic mass is 16.6. The minimum absolute atomic E-state index is 0.129. The maximum absolute atomic E-state index is 10.8. The smallest absolute Gasteiger partial charge is 0.287 e. The van der Waals surface area contributed by atoms with Gasteiger partial charge >= 0.3 is 0 Å². The van der Waals surface area contributed by atoms with Crippen molar-refractivity contribution in [3.8, 4) is 0 Å². The molecule has 74 valence electrons. The van der Waals surface area contributed by atoms with E-state index in [0.29, 0.717) is 0 Å². The molecule has 0 bridgehead atoms. The molecule has 0 saturated carbocycles. The summed E-state index contributed by atoms with van der Waals surface area (Å²) in [6, 6.07) is 2.59. The summed E-state index contributed by atoms with van der Waals surface area (Å²) in [5.74, 6) is -0.155. The quantitative estimate of drug-likeness (QED) is 0.517. The Hall–Kier alpha value is -2.02. The van der Waals surface area contributed by atoms with E-state index in [1.54, 1.807) is 0 Å². The van der Waals surface area contributed by atoms with E-state index in [0.717, 1.165) is 6.20 Å². The molecule has 1 amide bonds. The summed E-state index contributed by atoms with van der Waals surface area (Å²) >= 11 is 0. The number of rotatable bonds is 3. The molecule has 1 heterocycles. The Kier molecular flexibility index (Phi) is 3.08. The van der Waals surface area contributed by atoms with Crippen LogP contribution in [0.1, 0.15) is 0 Å². The fourth-order valence-electron chi connectivity index (χ4n) is 0.762. The third-order valence-electron chi connectivity index (χ3n) is 1.41. The Morgan fingerprint density at radius 1 is 1.64 bits per heavy atom. The topological polar surface area (TPSA) is 111 Å². The van der Waals surface area contributed by atoms with Gasteiger partial charge in [0.1, 0.15) is 12.0 Å². The predicted molar refractivity (Wildman–Crippen MR) is 48.6 cm³/mol. The van der Waals surface area contributed by atoms with Crippen LogP contribution in [0.5, 0.6) is 0 Å². The molecule has 14 heavy (non-hydrogen) atoms. The number of nitro groups is 1. The van der Waals surface area contributed by atoms with Gasteiger partial charge in [-0.2, -0.15) is 0 Å². The van der Waals surface area contributed by atoms with Crippen LogP contribution in [-0.2, 0) is 4.79 Å². The summed E-state index contributed by atoms with van der Waals surface area (Å²) in [7, 11) is 0. The maximum atomic E-state index is 10.8. The molecule has 1 aromatic heterocycles. The highest BCUT2D eigenvalue weighted by molar-refractivity contribution is 5.91. The fourth-order valence-corrected chi connectivity index (χ4v) is 0.762. The summed E-state index contributed by atoms with van der Waals surface area (Å²) in [5.41, 5.74) is 4.92. The van der Waals surface area contributed by atoms with Gasteiger partial charge in [-0.05, 0) is 6.07 Å². The van der Waals surface area contributed by atoms with Crippen LogP contribution >= 0.6 is 0 Å². The molecule has 0 aliphatic heterocycles. The Morgan fingerprint density at radius 3 is 2.79 bits per heavy atom. The minimum Gasteiger partial charge on any atom is -0.322 e. The van der Waals surface area contributed by atoms with E-state index in [4.69, 9.17) is 5.73 Å². The number of nitrogens with zero attached hydrogens (tertiary/aromatic N) is 2. The van der Waals surface area contributed by atoms with Crippen LogP contribution in [0.15, 0.2) is 18.3 Å². The van der Waals surface area contributed by atoms with Crippen molar-refractivity contribution in [3.63, 3.8) is 0 Å². The van der Waals surface area contributed by atoms with Crippen molar-refractivity contribution in [1.29, 1.82) is 0 Å². The average Bonchev–Trinajstić information content (AvgIpc) is 2.18. The van der Waals surface area contributed by atoms with Crippen LogP contribution in [0.4, 0.5) is 11.5 Å². The molecule has 1 rings (SSSR count). The molecular formula is C7H8N4O3. The van der Waals surface area contributed by atoms with Gasteiger partial charge in [0.25, 0.3) is 5.69 Å². The lowest BCUT2D eigenvalue weighted by Gasteiger charge is -2.00. The highest BCUT2D eigenvalue weighted by Gasteiger charge is 2.06. The fraction of sp³-hybridized carbons (Fsp3) is 0.143. The summed E-state index contributed by atoms with van der Waals surface area (Å²) in [6.07, 6.45) is 1.06. The molecule has 0 unspecified atom stereocenters. The number of hydrogen-bond donors (Lipinski definition) is 2. The van der Waals surface area contributed by atoms with Crippen molar-refractivity contribution in [2.45, 2.75) is 0 Å². The maximum Gasteiger partial charge on any atom is 0.287 e. The molecule has 3 N–H and O–H groups in total. The second kappa shape index (κ2) is 4.28. The lowest BCUT2D eigenvalue weighted by Crippen LogP contribution is -2.22. The van der Waals surface area contributed by atoms with Gasteiger partial charge in [0.15, 0.2) is 0 Å². The molecule has 0 saturated heterocycles. The number of amides is 1. The lowest BCUT2D eigenvalue weighted by molar-refractivity contribution is -0.385. The molecule has 0 aromatic carbocycles. The van der Waals surface area contributed by atoms with E-state index in [1.807, 2.05) is 0 Å². The van der Waals surface area contributed by atoms with Crippen LogP contribution in [0.25, 0.3) is 0 Å². The number of nitrogens with two attached hydrogens (primary N) is 1. The van der Waals surface area contributed by atoms with Gasteiger partial charge in [-0.15, -0.1) is 0 Å². The van der Waals surface area contributed by atoms with Crippen molar-refractivity contribution in [1.82, 2.24) is 4.98 Å². The third kappa shape index (κ3) is 2.49. The zero-order valence-corrected chi connectivity index (χ0v) is 7.14. The SMILES string of the molecule is NCC(=O)Nc1ccc([N+](=O)[O-])cn1. The highest BCUT2D eigenvalue weighted by Crippen LogP contribution is 2.11. The van der Waals surface area contributed by atoms with Gasteiger partial charge < -0.3 is 11.1 Å².